The van der Waals surface area contributed by atoms with Gasteiger partial charge in [-0.15, -0.1) is 0 Å². The molecule has 0 spiro atoms. The summed E-state index contributed by atoms with van der Waals surface area (Å²) in [7, 11) is 0. The Balaban J connectivity index is 1.76. The number of rotatable bonds is 2. The molecule has 0 fully saturated rings. The summed E-state index contributed by atoms with van der Waals surface area (Å²) in [6.45, 7) is 4.19. The van der Waals surface area contributed by atoms with Crippen molar-refractivity contribution in [3.05, 3.63) is 72.2 Å². The molecular weight excluding hydrogens is 284 g/mol. The van der Waals surface area contributed by atoms with Crippen LogP contribution < -0.4 is 0 Å². The lowest BCUT2D eigenvalue weighted by Gasteiger charge is -2.04. The fraction of sp³-hybridized carbons (Fsp3) is 0.105. The predicted octanol–water partition coefficient (Wildman–Crippen LogP) is 4.10. The van der Waals surface area contributed by atoms with Crippen LogP contribution in [-0.2, 0) is 0 Å². The average molecular weight is 300 g/mol. The molecule has 23 heavy (non-hydrogen) atoms. The second kappa shape index (κ2) is 5.32. The zero-order valence-corrected chi connectivity index (χ0v) is 13.1. The van der Waals surface area contributed by atoms with Gasteiger partial charge in [-0.2, -0.15) is 5.10 Å². The van der Waals surface area contributed by atoms with Crippen LogP contribution in [0.3, 0.4) is 0 Å². The quantitative estimate of drug-likeness (QED) is 0.560. The van der Waals surface area contributed by atoms with E-state index in [1.54, 1.807) is 6.20 Å². The number of nitrogens with zero attached hydrogens (tertiary/aromatic N) is 4. The topological polar surface area (TPSA) is 43.6 Å². The molecule has 4 rings (SSSR count). The van der Waals surface area contributed by atoms with E-state index in [2.05, 4.69) is 47.1 Å². The summed E-state index contributed by atoms with van der Waals surface area (Å²) in [6, 6.07) is 14.3. The number of para-hydroxylation sites is 2. The minimum absolute atomic E-state index is 0.833. The molecule has 0 unspecified atom stereocenters. The van der Waals surface area contributed by atoms with Crippen LogP contribution in [0.25, 0.3) is 28.0 Å². The van der Waals surface area contributed by atoms with Crippen LogP contribution in [-0.4, -0.2) is 19.7 Å². The molecule has 112 valence electrons. The highest BCUT2D eigenvalue weighted by Gasteiger charge is 2.07. The van der Waals surface area contributed by atoms with Gasteiger partial charge in [-0.05, 0) is 49.2 Å². The minimum Gasteiger partial charge on any atom is -0.252 e. The van der Waals surface area contributed by atoms with Crippen LogP contribution in [0.1, 0.15) is 11.1 Å². The number of aromatic nitrogens is 4. The summed E-state index contributed by atoms with van der Waals surface area (Å²) in [5, 5.41) is 4.47. The Bertz CT molecular complexity index is 981. The highest BCUT2D eigenvalue weighted by Crippen LogP contribution is 2.21. The van der Waals surface area contributed by atoms with Gasteiger partial charge in [0.25, 0.3) is 0 Å². The Morgan fingerprint density at radius 2 is 1.61 bits per heavy atom. The molecule has 0 saturated carbocycles. The fourth-order valence-corrected chi connectivity index (χ4v) is 2.78. The van der Waals surface area contributed by atoms with E-state index in [4.69, 9.17) is 0 Å². The molecule has 0 aliphatic carbocycles. The lowest BCUT2D eigenvalue weighted by Crippen LogP contribution is -1.95. The molecule has 2 aromatic heterocycles. The van der Waals surface area contributed by atoms with E-state index in [0.29, 0.717) is 0 Å². The van der Waals surface area contributed by atoms with Gasteiger partial charge >= 0.3 is 0 Å². The van der Waals surface area contributed by atoms with Crippen LogP contribution in [0.4, 0.5) is 0 Å². The maximum atomic E-state index is 4.67. The van der Waals surface area contributed by atoms with E-state index in [-0.39, 0.29) is 0 Å². The molecule has 0 radical (unpaired) electrons. The summed E-state index contributed by atoms with van der Waals surface area (Å²) in [6.07, 6.45) is 5.62. The zero-order chi connectivity index (χ0) is 15.8. The van der Waals surface area contributed by atoms with Gasteiger partial charge in [0.2, 0.25) is 0 Å². The molecular formula is C19H16N4. The number of hydrogen-bond donors (Lipinski definition) is 0. The second-order valence-corrected chi connectivity index (χ2v) is 5.76. The Morgan fingerprint density at radius 1 is 0.870 bits per heavy atom. The van der Waals surface area contributed by atoms with Crippen molar-refractivity contribution in [2.45, 2.75) is 13.8 Å². The highest BCUT2D eigenvalue weighted by atomic mass is 15.3. The van der Waals surface area contributed by atoms with E-state index < -0.39 is 0 Å². The molecule has 0 saturated heterocycles. The average Bonchev–Trinajstić information content (AvgIpc) is 3.03. The standard InChI is InChI=1S/C19H16N4/c1-13-7-14(2)9-16(8-13)23-12-15(10-21-23)19-11-20-17-5-3-4-6-18(17)22-19/h3-12H,1-2H3. The van der Waals surface area contributed by atoms with Gasteiger partial charge in [0.1, 0.15) is 0 Å². The maximum absolute atomic E-state index is 4.67. The summed E-state index contributed by atoms with van der Waals surface area (Å²) < 4.78 is 1.88. The van der Waals surface area contributed by atoms with Gasteiger partial charge in [-0.1, -0.05) is 18.2 Å². The van der Waals surface area contributed by atoms with E-state index in [1.807, 2.05) is 41.3 Å². The molecule has 0 aliphatic rings. The summed E-state index contributed by atoms with van der Waals surface area (Å²) in [4.78, 5) is 9.14. The van der Waals surface area contributed by atoms with Crippen molar-refractivity contribution in [3.63, 3.8) is 0 Å². The van der Waals surface area contributed by atoms with E-state index in [9.17, 15) is 0 Å². The Hall–Kier alpha value is -3.01. The van der Waals surface area contributed by atoms with Crippen molar-refractivity contribution in [1.29, 1.82) is 0 Å². The number of aryl methyl sites for hydroxylation is 2. The summed E-state index contributed by atoms with van der Waals surface area (Å²) >= 11 is 0. The third kappa shape index (κ3) is 2.59. The minimum atomic E-state index is 0.833. The van der Waals surface area contributed by atoms with Crippen LogP contribution in [0.2, 0.25) is 0 Å². The van der Waals surface area contributed by atoms with E-state index >= 15 is 0 Å². The van der Waals surface area contributed by atoms with E-state index in [1.165, 1.54) is 11.1 Å². The third-order valence-electron chi connectivity index (χ3n) is 3.80. The Morgan fingerprint density at radius 3 is 2.39 bits per heavy atom. The Labute approximate surface area is 134 Å². The van der Waals surface area contributed by atoms with E-state index in [0.717, 1.165) is 28.0 Å². The van der Waals surface area contributed by atoms with Crippen molar-refractivity contribution < 1.29 is 0 Å². The van der Waals surface area contributed by atoms with Crippen molar-refractivity contribution >= 4 is 11.0 Å². The molecule has 4 heteroatoms. The Kier molecular flexibility index (Phi) is 3.15. The lowest BCUT2D eigenvalue weighted by atomic mass is 10.1. The van der Waals surface area contributed by atoms with Crippen LogP contribution >= 0.6 is 0 Å². The van der Waals surface area contributed by atoms with Gasteiger partial charge in [0.05, 0.1) is 34.8 Å². The largest absolute Gasteiger partial charge is 0.252 e. The SMILES string of the molecule is Cc1cc(C)cc(-n2cc(-c3cnc4ccccc4n3)cn2)c1. The van der Waals surface area contributed by atoms with Gasteiger partial charge in [0.15, 0.2) is 0 Å². The van der Waals surface area contributed by atoms with Crippen molar-refractivity contribution in [1.82, 2.24) is 19.7 Å². The summed E-state index contributed by atoms with van der Waals surface area (Å²) in [5.41, 5.74) is 7.09. The zero-order valence-electron chi connectivity index (χ0n) is 13.1. The van der Waals surface area contributed by atoms with Crippen LogP contribution in [0.5, 0.6) is 0 Å². The molecule has 0 N–H and O–H groups in total. The molecule has 2 heterocycles. The first-order valence-electron chi connectivity index (χ1n) is 7.54. The smallest absolute Gasteiger partial charge is 0.0924 e. The van der Waals surface area contributed by atoms with Gasteiger partial charge < -0.3 is 0 Å². The first-order valence-corrected chi connectivity index (χ1v) is 7.54. The van der Waals surface area contributed by atoms with Crippen molar-refractivity contribution in [3.8, 4) is 16.9 Å². The first kappa shape index (κ1) is 13.6. The fourth-order valence-electron chi connectivity index (χ4n) is 2.78. The maximum Gasteiger partial charge on any atom is 0.0924 e. The monoisotopic (exact) mass is 300 g/mol. The number of hydrogen-bond acceptors (Lipinski definition) is 3. The number of benzene rings is 2. The molecule has 4 aromatic rings. The molecule has 4 nitrogen and oxygen atoms in total. The van der Waals surface area contributed by atoms with Gasteiger partial charge in [-0.3, -0.25) is 4.98 Å². The lowest BCUT2D eigenvalue weighted by molar-refractivity contribution is 0.877. The first-order chi connectivity index (χ1) is 11.2. The molecule has 0 bridgehead atoms. The summed E-state index contributed by atoms with van der Waals surface area (Å²) in [5.74, 6) is 0. The highest BCUT2D eigenvalue weighted by molar-refractivity contribution is 5.76. The normalized spacial score (nSPS) is 11.0. The van der Waals surface area contributed by atoms with Crippen molar-refractivity contribution in [2.75, 3.05) is 0 Å². The van der Waals surface area contributed by atoms with Crippen molar-refractivity contribution in [2.24, 2.45) is 0 Å². The second-order valence-electron chi connectivity index (χ2n) is 5.76. The number of fused-ring (bicyclic) bond motifs is 1. The van der Waals surface area contributed by atoms with Gasteiger partial charge in [0, 0.05) is 11.8 Å². The molecule has 2 aromatic carbocycles. The predicted molar refractivity (Wildman–Crippen MR) is 91.6 cm³/mol. The molecule has 0 aliphatic heterocycles. The van der Waals surface area contributed by atoms with Crippen LogP contribution in [0.15, 0.2) is 61.1 Å². The molecule has 0 atom stereocenters. The molecule has 0 amide bonds. The van der Waals surface area contributed by atoms with Gasteiger partial charge in [-0.25, -0.2) is 9.67 Å². The third-order valence-corrected chi connectivity index (χ3v) is 3.80. The van der Waals surface area contributed by atoms with Crippen LogP contribution in [0, 0.1) is 13.8 Å².